The summed E-state index contributed by atoms with van der Waals surface area (Å²) in [7, 11) is 3.20. The number of nitrogens with zero attached hydrogens (tertiary/aromatic N) is 1. The summed E-state index contributed by atoms with van der Waals surface area (Å²) in [6.45, 7) is 0. The van der Waals surface area contributed by atoms with Crippen molar-refractivity contribution in [2.24, 2.45) is 0 Å². The van der Waals surface area contributed by atoms with Gasteiger partial charge in [0, 0.05) is 12.6 Å². The maximum absolute atomic E-state index is 13.9. The Morgan fingerprint density at radius 3 is 2.78 bits per heavy atom. The van der Waals surface area contributed by atoms with Crippen LogP contribution < -0.4 is 4.74 Å². The van der Waals surface area contributed by atoms with Crippen molar-refractivity contribution in [2.75, 3.05) is 14.2 Å². The van der Waals surface area contributed by atoms with Crippen molar-refractivity contribution in [3.8, 4) is 5.75 Å². The molecule has 1 aliphatic carbocycles. The standard InChI is InChI=1S/C19H20FNO2/c1-21(17-9-5-7-13-6-3-4-8-15(13)17)19(22)14-10-11-18(23-2)16(20)12-14/h3-4,6,8,10-12,17H,5,7,9H2,1-2H3/t17-/m1/s1. The summed E-state index contributed by atoms with van der Waals surface area (Å²) in [5.41, 5.74) is 2.83. The molecule has 0 fully saturated rings. The van der Waals surface area contributed by atoms with Gasteiger partial charge < -0.3 is 9.64 Å². The van der Waals surface area contributed by atoms with Crippen LogP contribution in [0.1, 0.15) is 40.4 Å². The highest BCUT2D eigenvalue weighted by Crippen LogP contribution is 2.34. The number of fused-ring (bicyclic) bond motifs is 1. The Kier molecular flexibility index (Phi) is 4.33. The minimum Gasteiger partial charge on any atom is -0.494 e. The first-order valence-corrected chi connectivity index (χ1v) is 7.80. The Hall–Kier alpha value is -2.36. The van der Waals surface area contributed by atoms with Crippen LogP contribution >= 0.6 is 0 Å². The quantitative estimate of drug-likeness (QED) is 0.857. The first kappa shape index (κ1) is 15.5. The minimum absolute atomic E-state index is 0.0395. The predicted molar refractivity (Wildman–Crippen MR) is 87.2 cm³/mol. The van der Waals surface area contributed by atoms with E-state index in [1.807, 2.05) is 12.1 Å². The maximum atomic E-state index is 13.9. The highest BCUT2D eigenvalue weighted by molar-refractivity contribution is 5.94. The lowest BCUT2D eigenvalue weighted by atomic mass is 9.87. The van der Waals surface area contributed by atoms with Gasteiger partial charge in [0.05, 0.1) is 13.2 Å². The molecule has 0 saturated carbocycles. The summed E-state index contributed by atoms with van der Waals surface area (Å²) in [4.78, 5) is 14.4. The number of carbonyl (C=O) groups excluding carboxylic acids is 1. The number of aryl methyl sites for hydroxylation is 1. The zero-order valence-electron chi connectivity index (χ0n) is 13.4. The van der Waals surface area contributed by atoms with E-state index in [0.717, 1.165) is 19.3 Å². The second-order valence-electron chi connectivity index (χ2n) is 5.87. The smallest absolute Gasteiger partial charge is 0.254 e. The van der Waals surface area contributed by atoms with Gasteiger partial charge in [0.1, 0.15) is 0 Å². The fraction of sp³-hybridized carbons (Fsp3) is 0.316. The van der Waals surface area contributed by atoms with Gasteiger partial charge in [-0.15, -0.1) is 0 Å². The van der Waals surface area contributed by atoms with Crippen LogP contribution in [0.25, 0.3) is 0 Å². The summed E-state index contributed by atoms with van der Waals surface area (Å²) >= 11 is 0. The van der Waals surface area contributed by atoms with Crippen LogP contribution in [0.4, 0.5) is 4.39 Å². The van der Waals surface area contributed by atoms with Gasteiger partial charge in [0.15, 0.2) is 11.6 Å². The lowest BCUT2D eigenvalue weighted by molar-refractivity contribution is 0.0714. The zero-order chi connectivity index (χ0) is 16.4. The molecule has 4 heteroatoms. The molecule has 1 amide bonds. The molecule has 3 rings (SSSR count). The van der Waals surface area contributed by atoms with Gasteiger partial charge in [0.25, 0.3) is 5.91 Å². The van der Waals surface area contributed by atoms with Crippen molar-refractivity contribution in [2.45, 2.75) is 25.3 Å². The van der Waals surface area contributed by atoms with E-state index in [4.69, 9.17) is 4.74 Å². The van der Waals surface area contributed by atoms with Crippen LogP contribution in [0.15, 0.2) is 42.5 Å². The highest BCUT2D eigenvalue weighted by atomic mass is 19.1. The van der Waals surface area contributed by atoms with Crippen molar-refractivity contribution in [3.63, 3.8) is 0 Å². The van der Waals surface area contributed by atoms with Crippen molar-refractivity contribution < 1.29 is 13.9 Å². The summed E-state index contributed by atoms with van der Waals surface area (Å²) < 4.78 is 18.8. The molecule has 0 aliphatic heterocycles. The number of benzene rings is 2. The van der Waals surface area contributed by atoms with Crippen molar-refractivity contribution in [1.29, 1.82) is 0 Å². The topological polar surface area (TPSA) is 29.5 Å². The van der Waals surface area contributed by atoms with Gasteiger partial charge in [-0.2, -0.15) is 0 Å². The van der Waals surface area contributed by atoms with E-state index >= 15 is 0 Å². The fourth-order valence-corrected chi connectivity index (χ4v) is 3.28. The third kappa shape index (κ3) is 2.93. The molecule has 0 N–H and O–H groups in total. The molecule has 3 nitrogen and oxygen atoms in total. The maximum Gasteiger partial charge on any atom is 0.254 e. The number of halogens is 1. The van der Waals surface area contributed by atoms with E-state index in [1.54, 1.807) is 18.0 Å². The molecule has 2 aromatic carbocycles. The minimum atomic E-state index is -0.518. The van der Waals surface area contributed by atoms with E-state index in [9.17, 15) is 9.18 Å². The van der Waals surface area contributed by atoms with Crippen molar-refractivity contribution in [3.05, 3.63) is 65.0 Å². The second kappa shape index (κ2) is 6.41. The highest BCUT2D eigenvalue weighted by Gasteiger charge is 2.27. The van der Waals surface area contributed by atoms with Crippen LogP contribution in [0.3, 0.4) is 0 Å². The molecule has 0 heterocycles. The molecule has 120 valence electrons. The summed E-state index contributed by atoms with van der Waals surface area (Å²) in [5.74, 6) is -0.545. The van der Waals surface area contributed by atoms with Crippen LogP contribution in [0.2, 0.25) is 0 Å². The lowest BCUT2D eigenvalue weighted by Gasteiger charge is -2.33. The lowest BCUT2D eigenvalue weighted by Crippen LogP contribution is -2.33. The van der Waals surface area contributed by atoms with E-state index < -0.39 is 5.82 Å². The number of ether oxygens (including phenoxy) is 1. The van der Waals surface area contributed by atoms with E-state index in [2.05, 4.69) is 12.1 Å². The van der Waals surface area contributed by atoms with E-state index in [0.29, 0.717) is 5.56 Å². The van der Waals surface area contributed by atoms with Gasteiger partial charge in [-0.05, 0) is 48.6 Å². The molecule has 0 radical (unpaired) electrons. The van der Waals surface area contributed by atoms with Gasteiger partial charge in [-0.25, -0.2) is 4.39 Å². The Balaban J connectivity index is 1.87. The van der Waals surface area contributed by atoms with Gasteiger partial charge in [-0.1, -0.05) is 24.3 Å². The first-order valence-electron chi connectivity index (χ1n) is 7.80. The number of carbonyl (C=O) groups is 1. The molecule has 1 aliphatic rings. The van der Waals surface area contributed by atoms with Gasteiger partial charge >= 0.3 is 0 Å². The summed E-state index contributed by atoms with van der Waals surface area (Å²) in [6, 6.07) is 12.6. The van der Waals surface area contributed by atoms with E-state index in [-0.39, 0.29) is 17.7 Å². The number of hydrogen-bond donors (Lipinski definition) is 0. The number of methoxy groups -OCH3 is 1. The van der Waals surface area contributed by atoms with E-state index in [1.165, 1.54) is 30.4 Å². The molecule has 23 heavy (non-hydrogen) atoms. The van der Waals surface area contributed by atoms with Crippen LogP contribution in [-0.4, -0.2) is 25.0 Å². The Morgan fingerprint density at radius 1 is 1.26 bits per heavy atom. The summed E-state index contributed by atoms with van der Waals surface area (Å²) in [5, 5.41) is 0. The van der Waals surface area contributed by atoms with Crippen molar-refractivity contribution >= 4 is 5.91 Å². The molecular formula is C19H20FNO2. The van der Waals surface area contributed by atoms with Gasteiger partial charge in [0.2, 0.25) is 0 Å². The number of hydrogen-bond acceptors (Lipinski definition) is 2. The van der Waals surface area contributed by atoms with Crippen molar-refractivity contribution in [1.82, 2.24) is 4.90 Å². The van der Waals surface area contributed by atoms with Gasteiger partial charge in [-0.3, -0.25) is 4.79 Å². The fourth-order valence-electron chi connectivity index (χ4n) is 3.28. The largest absolute Gasteiger partial charge is 0.494 e. The average molecular weight is 313 g/mol. The predicted octanol–water partition coefficient (Wildman–Crippen LogP) is 3.98. The molecule has 1 atom stereocenters. The Labute approximate surface area is 135 Å². The molecule has 0 spiro atoms. The SMILES string of the molecule is COc1ccc(C(=O)N(C)[C@@H]2CCCc3ccccc32)cc1F. The van der Waals surface area contributed by atoms with Crippen LogP contribution in [0, 0.1) is 5.82 Å². The van der Waals surface area contributed by atoms with Crippen LogP contribution in [-0.2, 0) is 6.42 Å². The normalized spacial score (nSPS) is 16.6. The monoisotopic (exact) mass is 313 g/mol. The molecule has 0 aromatic heterocycles. The Bertz CT molecular complexity index is 729. The molecule has 2 aromatic rings. The zero-order valence-corrected chi connectivity index (χ0v) is 13.4. The third-order valence-electron chi connectivity index (χ3n) is 4.52. The molecular weight excluding hydrogens is 293 g/mol. The molecule has 0 bridgehead atoms. The van der Waals surface area contributed by atoms with Crippen LogP contribution in [0.5, 0.6) is 5.75 Å². The number of rotatable bonds is 3. The first-order chi connectivity index (χ1) is 11.1. The Morgan fingerprint density at radius 2 is 2.04 bits per heavy atom. The molecule has 0 saturated heterocycles. The molecule has 0 unspecified atom stereocenters. The number of amides is 1. The average Bonchev–Trinajstić information content (AvgIpc) is 2.60. The summed E-state index contributed by atoms with van der Waals surface area (Å²) in [6.07, 6.45) is 3.03. The second-order valence-corrected chi connectivity index (χ2v) is 5.87. The third-order valence-corrected chi connectivity index (χ3v) is 4.52.